The van der Waals surface area contributed by atoms with Gasteiger partial charge in [-0.25, -0.2) is 9.59 Å². The first-order valence-corrected chi connectivity index (χ1v) is 7.98. The first kappa shape index (κ1) is 14.3. The van der Waals surface area contributed by atoms with E-state index in [4.69, 9.17) is 4.74 Å². The van der Waals surface area contributed by atoms with Crippen LogP contribution in [0.5, 0.6) is 0 Å². The Bertz CT molecular complexity index is 545. The van der Waals surface area contributed by atoms with Crippen molar-refractivity contribution in [3.63, 3.8) is 0 Å². The maximum absolute atomic E-state index is 12.4. The number of hydrogen-bond donors (Lipinski definition) is 2. The van der Waals surface area contributed by atoms with E-state index in [9.17, 15) is 14.7 Å². The molecule has 1 aromatic rings. The number of ether oxygens (including phenoxy) is 1. The average molecular weight is 310 g/mol. The number of urea groups is 1. The minimum atomic E-state index is -1.02. The zero-order valence-corrected chi connectivity index (χ0v) is 12.4. The van der Waals surface area contributed by atoms with Gasteiger partial charge in [-0.1, -0.05) is 0 Å². The van der Waals surface area contributed by atoms with Gasteiger partial charge in [-0.2, -0.15) is 0 Å². The number of nitrogens with zero attached hydrogens (tertiary/aromatic N) is 1. The van der Waals surface area contributed by atoms with Crippen LogP contribution in [0.3, 0.4) is 0 Å². The molecule has 0 aromatic carbocycles. The van der Waals surface area contributed by atoms with Crippen molar-refractivity contribution in [3.8, 4) is 0 Å². The smallest absolute Gasteiger partial charge is 0.328 e. The van der Waals surface area contributed by atoms with E-state index in [2.05, 4.69) is 11.4 Å². The number of fused-ring (bicyclic) bond motifs is 1. The number of carboxylic acids is 1. The summed E-state index contributed by atoms with van der Waals surface area (Å²) in [7, 11) is 0. The van der Waals surface area contributed by atoms with Crippen LogP contribution in [0, 0.1) is 0 Å². The summed E-state index contributed by atoms with van der Waals surface area (Å²) < 4.78 is 5.16. The molecule has 2 atom stereocenters. The number of aliphatic carboxylic acids is 1. The number of thiophene rings is 1. The SMILES string of the molecule is O=C(O)C1COCCN1C(=O)NC1CCCc2sccc21. The van der Waals surface area contributed by atoms with Crippen molar-refractivity contribution in [2.75, 3.05) is 19.8 Å². The Balaban J connectivity index is 1.70. The van der Waals surface area contributed by atoms with Crippen molar-refractivity contribution < 1.29 is 19.4 Å². The standard InChI is InChI=1S/C14H18N2O4S/c17-13(18)11-8-20-6-5-16(11)14(19)15-10-2-1-3-12-9(10)4-7-21-12/h4,7,10-11H,1-3,5-6,8H2,(H,15,19)(H,17,18). The highest BCUT2D eigenvalue weighted by Gasteiger charge is 2.34. The molecule has 1 saturated heterocycles. The van der Waals surface area contributed by atoms with Crippen LogP contribution in [0.4, 0.5) is 4.79 Å². The van der Waals surface area contributed by atoms with Crippen LogP contribution in [0.1, 0.15) is 29.3 Å². The van der Waals surface area contributed by atoms with E-state index < -0.39 is 12.0 Å². The van der Waals surface area contributed by atoms with Gasteiger partial charge in [0, 0.05) is 11.4 Å². The highest BCUT2D eigenvalue weighted by Crippen LogP contribution is 2.33. The van der Waals surface area contributed by atoms with Gasteiger partial charge in [0.25, 0.3) is 0 Å². The molecule has 1 aliphatic carbocycles. The summed E-state index contributed by atoms with van der Waals surface area (Å²) in [6.45, 7) is 0.745. The Morgan fingerprint density at radius 2 is 2.33 bits per heavy atom. The van der Waals surface area contributed by atoms with Crippen LogP contribution >= 0.6 is 11.3 Å². The normalized spacial score (nSPS) is 25.2. The lowest BCUT2D eigenvalue weighted by Crippen LogP contribution is -2.56. The number of rotatable bonds is 2. The van der Waals surface area contributed by atoms with Gasteiger partial charge in [0.05, 0.1) is 19.3 Å². The maximum atomic E-state index is 12.4. The largest absolute Gasteiger partial charge is 0.480 e. The summed E-state index contributed by atoms with van der Waals surface area (Å²) >= 11 is 1.72. The lowest BCUT2D eigenvalue weighted by atomic mass is 9.94. The molecule has 0 radical (unpaired) electrons. The molecule has 3 rings (SSSR count). The monoisotopic (exact) mass is 310 g/mol. The summed E-state index contributed by atoms with van der Waals surface area (Å²) in [5.74, 6) is -1.02. The molecule has 2 amide bonds. The van der Waals surface area contributed by atoms with E-state index >= 15 is 0 Å². The molecule has 1 fully saturated rings. The number of carbonyl (C=O) groups is 2. The molecular formula is C14H18N2O4S. The molecule has 2 N–H and O–H groups in total. The molecular weight excluding hydrogens is 292 g/mol. The number of amides is 2. The fourth-order valence-corrected chi connectivity index (χ4v) is 3.91. The molecule has 114 valence electrons. The predicted octanol–water partition coefficient (Wildman–Crippen LogP) is 1.62. The van der Waals surface area contributed by atoms with Crippen molar-refractivity contribution >= 4 is 23.3 Å². The topological polar surface area (TPSA) is 78.9 Å². The molecule has 1 aliphatic heterocycles. The zero-order chi connectivity index (χ0) is 14.8. The van der Waals surface area contributed by atoms with Gasteiger partial charge in [0.2, 0.25) is 0 Å². The second-order valence-corrected chi connectivity index (χ2v) is 6.32. The van der Waals surface area contributed by atoms with Crippen molar-refractivity contribution in [2.24, 2.45) is 0 Å². The lowest BCUT2D eigenvalue weighted by Gasteiger charge is -2.34. The number of hydrogen-bond acceptors (Lipinski definition) is 4. The summed E-state index contributed by atoms with van der Waals surface area (Å²) in [5, 5.41) is 14.2. The second kappa shape index (κ2) is 6.03. The fourth-order valence-electron chi connectivity index (χ4n) is 2.92. The number of carbonyl (C=O) groups excluding carboxylic acids is 1. The number of nitrogens with one attached hydrogen (secondary N) is 1. The van der Waals surface area contributed by atoms with Gasteiger partial charge in [0.15, 0.2) is 6.04 Å². The maximum Gasteiger partial charge on any atom is 0.328 e. The van der Waals surface area contributed by atoms with E-state index in [0.717, 1.165) is 19.3 Å². The molecule has 2 heterocycles. The van der Waals surface area contributed by atoms with Gasteiger partial charge in [0.1, 0.15) is 0 Å². The lowest BCUT2D eigenvalue weighted by molar-refractivity contribution is -0.147. The molecule has 1 aromatic heterocycles. The molecule has 6 nitrogen and oxygen atoms in total. The van der Waals surface area contributed by atoms with E-state index in [1.54, 1.807) is 11.3 Å². The second-order valence-electron chi connectivity index (χ2n) is 5.32. The predicted molar refractivity (Wildman–Crippen MR) is 77.5 cm³/mol. The van der Waals surface area contributed by atoms with Crippen LogP contribution in [-0.2, 0) is 16.0 Å². The molecule has 2 unspecified atom stereocenters. The Morgan fingerprint density at radius 1 is 1.48 bits per heavy atom. The van der Waals surface area contributed by atoms with Crippen LogP contribution in [0.15, 0.2) is 11.4 Å². The van der Waals surface area contributed by atoms with Crippen molar-refractivity contribution in [1.29, 1.82) is 0 Å². The molecule has 7 heteroatoms. The highest BCUT2D eigenvalue weighted by molar-refractivity contribution is 7.10. The number of carboxylic acid groups (broad SMARTS) is 1. The Kier molecular flexibility index (Phi) is 4.12. The fraction of sp³-hybridized carbons (Fsp3) is 0.571. The van der Waals surface area contributed by atoms with Crippen molar-refractivity contribution in [3.05, 3.63) is 21.9 Å². The van der Waals surface area contributed by atoms with Gasteiger partial charge >= 0.3 is 12.0 Å². The summed E-state index contributed by atoms with van der Waals surface area (Å²) in [6.07, 6.45) is 3.01. The highest BCUT2D eigenvalue weighted by atomic mass is 32.1. The Labute approximate surface area is 126 Å². The molecule has 2 aliphatic rings. The average Bonchev–Trinajstić information content (AvgIpc) is 2.96. The number of aryl methyl sites for hydroxylation is 1. The van der Waals surface area contributed by atoms with E-state index in [1.165, 1.54) is 15.3 Å². The summed E-state index contributed by atoms with van der Waals surface area (Å²) in [5.41, 5.74) is 1.18. The van der Waals surface area contributed by atoms with Gasteiger partial charge in [-0.15, -0.1) is 11.3 Å². The number of morpholine rings is 1. The quantitative estimate of drug-likeness (QED) is 0.870. The minimum Gasteiger partial charge on any atom is -0.480 e. The van der Waals surface area contributed by atoms with Gasteiger partial charge in [-0.05, 0) is 36.3 Å². The van der Waals surface area contributed by atoms with Gasteiger partial charge < -0.3 is 20.1 Å². The van der Waals surface area contributed by atoms with E-state index in [1.807, 2.05) is 5.38 Å². The van der Waals surface area contributed by atoms with Gasteiger partial charge in [-0.3, -0.25) is 0 Å². The zero-order valence-electron chi connectivity index (χ0n) is 11.6. The first-order chi connectivity index (χ1) is 10.2. The van der Waals surface area contributed by atoms with Crippen LogP contribution < -0.4 is 5.32 Å². The van der Waals surface area contributed by atoms with Crippen LogP contribution in [-0.4, -0.2) is 47.8 Å². The van der Waals surface area contributed by atoms with Crippen molar-refractivity contribution in [1.82, 2.24) is 10.2 Å². The summed E-state index contributed by atoms with van der Waals surface area (Å²) in [4.78, 5) is 26.3. The van der Waals surface area contributed by atoms with E-state index in [0.29, 0.717) is 13.2 Å². The third kappa shape index (κ3) is 2.89. The van der Waals surface area contributed by atoms with E-state index in [-0.39, 0.29) is 18.7 Å². The third-order valence-electron chi connectivity index (χ3n) is 4.02. The minimum absolute atomic E-state index is 0.00945. The summed E-state index contributed by atoms with van der Waals surface area (Å²) in [6, 6.07) is 0.835. The van der Waals surface area contributed by atoms with Crippen molar-refractivity contribution in [2.45, 2.75) is 31.3 Å². The molecule has 0 bridgehead atoms. The molecule has 0 spiro atoms. The molecule has 21 heavy (non-hydrogen) atoms. The Hall–Kier alpha value is -1.60. The van der Waals surface area contributed by atoms with Crippen LogP contribution in [0.25, 0.3) is 0 Å². The first-order valence-electron chi connectivity index (χ1n) is 7.11. The molecule has 0 saturated carbocycles. The Morgan fingerprint density at radius 3 is 3.14 bits per heavy atom. The third-order valence-corrected chi connectivity index (χ3v) is 5.02. The van der Waals surface area contributed by atoms with Crippen LogP contribution in [0.2, 0.25) is 0 Å².